The molecule has 39 heavy (non-hydrogen) atoms. The summed E-state index contributed by atoms with van der Waals surface area (Å²) in [5.74, 6) is -1.18. The van der Waals surface area contributed by atoms with Crippen LogP contribution in [-0.2, 0) is 20.7 Å². The molecule has 0 N–H and O–H groups in total. The number of ether oxygens (including phenoxy) is 1. The Balaban J connectivity index is 1.56. The number of benzene rings is 3. The Morgan fingerprint density at radius 3 is 1.97 bits per heavy atom. The number of carbonyl (C=O) groups excluding carboxylic acids is 4. The van der Waals surface area contributed by atoms with Crippen molar-refractivity contribution in [1.82, 2.24) is 4.90 Å². The molecule has 5 amide bonds. The third-order valence-electron chi connectivity index (χ3n) is 7.83. The Hall–Kier alpha value is -4.66. The Kier molecular flexibility index (Phi) is 6.06. The van der Waals surface area contributed by atoms with Gasteiger partial charge in [-0.1, -0.05) is 54.6 Å². The van der Waals surface area contributed by atoms with E-state index >= 15 is 0 Å². The summed E-state index contributed by atoms with van der Waals surface area (Å²) >= 11 is 0. The van der Waals surface area contributed by atoms with Gasteiger partial charge in [0.05, 0.1) is 24.0 Å². The zero-order chi connectivity index (χ0) is 27.1. The van der Waals surface area contributed by atoms with Gasteiger partial charge in [0, 0.05) is 25.3 Å². The van der Waals surface area contributed by atoms with Crippen LogP contribution in [-0.4, -0.2) is 61.1 Å². The van der Waals surface area contributed by atoms with Gasteiger partial charge in [-0.15, -0.1) is 0 Å². The number of piperazine rings is 1. The number of urea groups is 1. The van der Waals surface area contributed by atoms with Crippen LogP contribution in [0.25, 0.3) is 0 Å². The zero-order valence-electron chi connectivity index (χ0n) is 21.5. The van der Waals surface area contributed by atoms with E-state index < -0.39 is 35.4 Å². The number of rotatable bonds is 3. The molecule has 3 aromatic carbocycles. The van der Waals surface area contributed by atoms with Gasteiger partial charge in [0.1, 0.15) is 0 Å². The van der Waals surface area contributed by atoms with E-state index in [2.05, 4.69) is 0 Å². The first-order valence-corrected chi connectivity index (χ1v) is 13.1. The van der Waals surface area contributed by atoms with Gasteiger partial charge in [0.25, 0.3) is 11.8 Å². The van der Waals surface area contributed by atoms with Gasteiger partial charge in [0.15, 0.2) is 5.41 Å². The minimum atomic E-state index is -1.67. The summed E-state index contributed by atoms with van der Waals surface area (Å²) in [6.45, 7) is 2.85. The SMILES string of the molecule is CCOC(=O)N1CCN2c3ccccc3CC3(C(=O)N(c4ccccc4)C(=O)N(c4ccccc4)C3=O)[C@H]2C1. The zero-order valence-corrected chi connectivity index (χ0v) is 21.5. The largest absolute Gasteiger partial charge is 0.450 e. The van der Waals surface area contributed by atoms with Crippen LogP contribution in [0.15, 0.2) is 84.9 Å². The van der Waals surface area contributed by atoms with E-state index in [4.69, 9.17) is 4.74 Å². The average Bonchev–Trinajstić information content (AvgIpc) is 2.97. The highest BCUT2D eigenvalue weighted by atomic mass is 16.6. The number of amides is 5. The molecule has 1 atom stereocenters. The molecule has 9 heteroatoms. The van der Waals surface area contributed by atoms with E-state index in [1.54, 1.807) is 72.5 Å². The average molecular weight is 525 g/mol. The lowest BCUT2D eigenvalue weighted by Crippen LogP contribution is -2.76. The van der Waals surface area contributed by atoms with Crippen LogP contribution in [0.3, 0.4) is 0 Å². The Morgan fingerprint density at radius 2 is 1.38 bits per heavy atom. The molecule has 3 aliphatic heterocycles. The van der Waals surface area contributed by atoms with E-state index in [-0.39, 0.29) is 19.6 Å². The van der Waals surface area contributed by atoms with Crippen LogP contribution < -0.4 is 14.7 Å². The van der Waals surface area contributed by atoms with Crippen molar-refractivity contribution < 1.29 is 23.9 Å². The van der Waals surface area contributed by atoms with Gasteiger partial charge in [-0.2, -0.15) is 0 Å². The van der Waals surface area contributed by atoms with Gasteiger partial charge >= 0.3 is 12.1 Å². The second-order valence-corrected chi connectivity index (χ2v) is 9.87. The second kappa shape index (κ2) is 9.58. The lowest BCUT2D eigenvalue weighted by Gasteiger charge is -2.56. The molecule has 0 aliphatic carbocycles. The predicted molar refractivity (Wildman–Crippen MR) is 146 cm³/mol. The van der Waals surface area contributed by atoms with Crippen LogP contribution in [0.1, 0.15) is 12.5 Å². The highest BCUT2D eigenvalue weighted by Crippen LogP contribution is 2.48. The van der Waals surface area contributed by atoms with E-state index in [0.29, 0.717) is 24.5 Å². The van der Waals surface area contributed by atoms with E-state index in [0.717, 1.165) is 21.1 Å². The number of carbonyl (C=O) groups is 4. The van der Waals surface area contributed by atoms with Crippen molar-refractivity contribution in [2.75, 3.05) is 40.9 Å². The molecule has 1 spiro atoms. The summed E-state index contributed by atoms with van der Waals surface area (Å²) in [5.41, 5.74) is 0.855. The van der Waals surface area contributed by atoms with Crippen LogP contribution in [0, 0.1) is 5.41 Å². The summed E-state index contributed by atoms with van der Waals surface area (Å²) in [4.78, 5) is 61.9. The first kappa shape index (κ1) is 24.7. The molecule has 2 fully saturated rings. The molecule has 3 aromatic rings. The fraction of sp³-hybridized carbons (Fsp3) is 0.267. The number of fused-ring (bicyclic) bond motifs is 4. The number of hydrogen-bond acceptors (Lipinski definition) is 6. The molecule has 0 bridgehead atoms. The Labute approximate surface area is 226 Å². The van der Waals surface area contributed by atoms with Crippen molar-refractivity contribution in [3.63, 3.8) is 0 Å². The summed E-state index contributed by atoms with van der Waals surface area (Å²) < 4.78 is 5.28. The van der Waals surface area contributed by atoms with E-state index in [1.165, 1.54) is 0 Å². The monoisotopic (exact) mass is 524 g/mol. The lowest BCUT2D eigenvalue weighted by atomic mass is 9.67. The third-order valence-corrected chi connectivity index (χ3v) is 7.83. The smallest absolute Gasteiger partial charge is 0.409 e. The fourth-order valence-corrected chi connectivity index (χ4v) is 6.04. The molecule has 0 radical (unpaired) electrons. The van der Waals surface area contributed by atoms with Crippen molar-refractivity contribution in [1.29, 1.82) is 0 Å². The summed E-state index contributed by atoms with van der Waals surface area (Å²) in [6.07, 6.45) is -0.392. The van der Waals surface area contributed by atoms with E-state index in [9.17, 15) is 19.2 Å². The van der Waals surface area contributed by atoms with Gasteiger partial charge in [-0.25, -0.2) is 19.4 Å². The van der Waals surface area contributed by atoms with Crippen molar-refractivity contribution in [2.24, 2.45) is 5.41 Å². The highest BCUT2D eigenvalue weighted by Gasteiger charge is 2.65. The molecule has 0 saturated carbocycles. The minimum absolute atomic E-state index is 0.0959. The van der Waals surface area contributed by atoms with Gasteiger partial charge in [0.2, 0.25) is 0 Å². The maximum atomic E-state index is 14.7. The first-order valence-electron chi connectivity index (χ1n) is 13.1. The molecule has 0 unspecified atom stereocenters. The van der Waals surface area contributed by atoms with Gasteiger partial charge in [-0.05, 0) is 49.2 Å². The maximum Gasteiger partial charge on any atom is 0.409 e. The van der Waals surface area contributed by atoms with Crippen LogP contribution in [0.2, 0.25) is 0 Å². The predicted octanol–water partition coefficient (Wildman–Crippen LogP) is 4.08. The topological polar surface area (TPSA) is 90.5 Å². The lowest BCUT2D eigenvalue weighted by molar-refractivity contribution is -0.143. The molecular weight excluding hydrogens is 496 g/mol. The highest BCUT2D eigenvalue weighted by molar-refractivity contribution is 6.39. The Morgan fingerprint density at radius 1 is 0.821 bits per heavy atom. The molecule has 0 aromatic heterocycles. The number of hydrogen-bond donors (Lipinski definition) is 0. The van der Waals surface area contributed by atoms with E-state index in [1.807, 2.05) is 29.2 Å². The molecule has 9 nitrogen and oxygen atoms in total. The molecule has 198 valence electrons. The number of barbiturate groups is 1. The Bertz CT molecular complexity index is 1380. The van der Waals surface area contributed by atoms with Crippen molar-refractivity contribution in [3.8, 4) is 0 Å². The summed E-state index contributed by atoms with van der Waals surface area (Å²) in [6, 6.07) is 23.6. The van der Waals surface area contributed by atoms with Gasteiger partial charge < -0.3 is 14.5 Å². The summed E-state index contributed by atoms with van der Waals surface area (Å²) in [5, 5.41) is 0. The standard InChI is InChI=1S/C30H28N4O5/c1-2-39-29(38)31-17-18-32-24-16-10-9-11-21(24)19-30(25(32)20-31)26(35)33(22-12-5-3-6-13-22)28(37)34(27(30)36)23-14-7-4-8-15-23/h3-16,25H,2,17-20H2,1H3/t25-/m1/s1. The molecule has 3 heterocycles. The quantitative estimate of drug-likeness (QED) is 0.480. The molecular formula is C30H28N4O5. The molecule has 3 aliphatic rings. The van der Waals surface area contributed by atoms with Crippen molar-refractivity contribution in [3.05, 3.63) is 90.5 Å². The van der Waals surface area contributed by atoms with Gasteiger partial charge in [-0.3, -0.25) is 9.59 Å². The number of nitrogens with zero attached hydrogens (tertiary/aromatic N) is 4. The minimum Gasteiger partial charge on any atom is -0.450 e. The maximum absolute atomic E-state index is 14.7. The first-order chi connectivity index (χ1) is 19.0. The summed E-state index contributed by atoms with van der Waals surface area (Å²) in [7, 11) is 0. The normalized spacial score (nSPS) is 20.1. The van der Waals surface area contributed by atoms with Crippen molar-refractivity contribution >= 4 is 41.0 Å². The number of imide groups is 2. The number of para-hydroxylation sites is 3. The number of anilines is 3. The third kappa shape index (κ3) is 3.76. The van der Waals surface area contributed by atoms with Crippen LogP contribution in [0.5, 0.6) is 0 Å². The second-order valence-electron chi connectivity index (χ2n) is 9.87. The fourth-order valence-electron chi connectivity index (χ4n) is 6.04. The van der Waals surface area contributed by atoms with Crippen molar-refractivity contribution in [2.45, 2.75) is 19.4 Å². The molecule has 6 rings (SSSR count). The molecule has 2 saturated heterocycles. The van der Waals surface area contributed by atoms with Crippen LogP contribution in [0.4, 0.5) is 26.7 Å². The van der Waals surface area contributed by atoms with Crippen LogP contribution >= 0.6 is 0 Å².